The molecule has 0 aliphatic rings. The summed E-state index contributed by atoms with van der Waals surface area (Å²) in [6, 6.07) is 20.8. The first-order chi connectivity index (χ1) is 9.33. The number of hydrogen-bond acceptors (Lipinski definition) is 2. The average Bonchev–Trinajstić information content (AvgIpc) is 2.45. The lowest BCUT2D eigenvalue weighted by molar-refractivity contribution is 1.02. The van der Waals surface area contributed by atoms with E-state index < -0.39 is 0 Å². The van der Waals surface area contributed by atoms with Gasteiger partial charge >= 0.3 is 0 Å². The largest absolute Gasteiger partial charge is 0.379 e. The molecule has 0 bridgehead atoms. The third-order valence-corrected chi connectivity index (χ3v) is 3.20. The molecule has 2 nitrogen and oxygen atoms in total. The van der Waals surface area contributed by atoms with Crippen molar-refractivity contribution in [1.29, 1.82) is 0 Å². The smallest absolute Gasteiger partial charge is 0.0597 e. The van der Waals surface area contributed by atoms with E-state index in [-0.39, 0.29) is 0 Å². The van der Waals surface area contributed by atoms with E-state index in [4.69, 9.17) is 0 Å². The van der Waals surface area contributed by atoms with Crippen molar-refractivity contribution in [1.82, 2.24) is 4.98 Å². The Labute approximate surface area is 113 Å². The molecule has 3 aromatic rings. The molecule has 3 rings (SSSR count). The van der Waals surface area contributed by atoms with Crippen LogP contribution < -0.4 is 5.32 Å². The first-order valence-electron chi connectivity index (χ1n) is 6.47. The van der Waals surface area contributed by atoms with Gasteiger partial charge in [0.1, 0.15) is 0 Å². The Hall–Kier alpha value is -2.35. The number of hydrogen-bond donors (Lipinski definition) is 1. The molecule has 2 aromatic carbocycles. The van der Waals surface area contributed by atoms with Crippen LogP contribution in [0.5, 0.6) is 0 Å². The molecular weight excluding hydrogens is 232 g/mol. The summed E-state index contributed by atoms with van der Waals surface area (Å²) in [5.41, 5.74) is 3.27. The molecule has 0 atom stereocenters. The van der Waals surface area contributed by atoms with Crippen LogP contribution in [0.15, 0.2) is 60.7 Å². The van der Waals surface area contributed by atoms with Crippen molar-refractivity contribution in [2.24, 2.45) is 0 Å². The number of aryl methyl sites for hydroxylation is 1. The summed E-state index contributed by atoms with van der Waals surface area (Å²) in [6.45, 7) is 2.76. The maximum atomic E-state index is 4.51. The highest BCUT2D eigenvalue weighted by molar-refractivity contribution is 5.93. The standard InChI is InChI=1S/C17H16N2/c1-13-6-4-9-15(19-13)12-18-17-11-5-8-14-7-2-3-10-16(14)17/h2-11,18H,12H2,1H3. The number of fused-ring (bicyclic) bond motifs is 1. The van der Waals surface area contributed by atoms with Crippen LogP contribution in [0.4, 0.5) is 5.69 Å². The second-order valence-electron chi connectivity index (χ2n) is 4.65. The molecule has 19 heavy (non-hydrogen) atoms. The van der Waals surface area contributed by atoms with Gasteiger partial charge in [0.05, 0.1) is 12.2 Å². The second-order valence-corrected chi connectivity index (χ2v) is 4.65. The molecule has 0 radical (unpaired) electrons. The minimum Gasteiger partial charge on any atom is -0.379 e. The van der Waals surface area contributed by atoms with Gasteiger partial charge in [-0.2, -0.15) is 0 Å². The van der Waals surface area contributed by atoms with Crippen molar-refractivity contribution in [2.75, 3.05) is 5.32 Å². The third kappa shape index (κ3) is 2.58. The van der Waals surface area contributed by atoms with Crippen LogP contribution in [0.3, 0.4) is 0 Å². The van der Waals surface area contributed by atoms with E-state index in [1.54, 1.807) is 0 Å². The van der Waals surface area contributed by atoms with Crippen LogP contribution in [0.2, 0.25) is 0 Å². The zero-order valence-electron chi connectivity index (χ0n) is 10.9. The summed E-state index contributed by atoms with van der Waals surface area (Å²) in [7, 11) is 0. The van der Waals surface area contributed by atoms with E-state index in [0.29, 0.717) is 0 Å². The Bertz CT molecular complexity index is 699. The van der Waals surface area contributed by atoms with Crippen LogP contribution in [0.1, 0.15) is 11.4 Å². The molecule has 2 heteroatoms. The fraction of sp³-hybridized carbons (Fsp3) is 0.118. The van der Waals surface area contributed by atoms with Crippen molar-refractivity contribution < 1.29 is 0 Å². The van der Waals surface area contributed by atoms with E-state index in [1.807, 2.05) is 25.1 Å². The minimum atomic E-state index is 0.746. The van der Waals surface area contributed by atoms with Gasteiger partial charge in [-0.1, -0.05) is 42.5 Å². The van der Waals surface area contributed by atoms with E-state index in [0.717, 1.165) is 23.6 Å². The SMILES string of the molecule is Cc1cccc(CNc2cccc3ccccc23)n1. The summed E-state index contributed by atoms with van der Waals surface area (Å²) in [6.07, 6.45) is 0. The van der Waals surface area contributed by atoms with Crippen LogP contribution in [0.25, 0.3) is 10.8 Å². The van der Waals surface area contributed by atoms with Gasteiger partial charge in [0.15, 0.2) is 0 Å². The molecule has 0 unspecified atom stereocenters. The number of nitrogens with one attached hydrogen (secondary N) is 1. The number of aromatic nitrogens is 1. The van der Waals surface area contributed by atoms with Crippen LogP contribution in [-0.2, 0) is 6.54 Å². The number of anilines is 1. The Kier molecular flexibility index (Phi) is 3.15. The van der Waals surface area contributed by atoms with Crippen molar-refractivity contribution >= 4 is 16.5 Å². The number of nitrogens with zero attached hydrogens (tertiary/aromatic N) is 1. The number of rotatable bonds is 3. The zero-order valence-corrected chi connectivity index (χ0v) is 10.9. The topological polar surface area (TPSA) is 24.9 Å². The van der Waals surface area contributed by atoms with Gasteiger partial charge in [-0.25, -0.2) is 0 Å². The molecule has 0 aliphatic carbocycles. The lowest BCUT2D eigenvalue weighted by atomic mass is 10.1. The summed E-state index contributed by atoms with van der Waals surface area (Å²) in [5, 5.41) is 5.97. The molecule has 94 valence electrons. The molecular formula is C17H16N2. The molecule has 1 heterocycles. The van der Waals surface area contributed by atoms with Gasteiger partial charge < -0.3 is 5.32 Å². The summed E-state index contributed by atoms with van der Waals surface area (Å²) in [5.74, 6) is 0. The van der Waals surface area contributed by atoms with E-state index >= 15 is 0 Å². The van der Waals surface area contributed by atoms with Crippen molar-refractivity contribution in [3.63, 3.8) is 0 Å². The van der Waals surface area contributed by atoms with E-state index in [9.17, 15) is 0 Å². The minimum absolute atomic E-state index is 0.746. The van der Waals surface area contributed by atoms with Crippen LogP contribution >= 0.6 is 0 Å². The quantitative estimate of drug-likeness (QED) is 0.753. The lowest BCUT2D eigenvalue weighted by Crippen LogP contribution is -2.02. The van der Waals surface area contributed by atoms with Gasteiger partial charge in [0, 0.05) is 16.8 Å². The van der Waals surface area contributed by atoms with Gasteiger partial charge in [0.25, 0.3) is 0 Å². The van der Waals surface area contributed by atoms with Crippen LogP contribution in [-0.4, -0.2) is 4.98 Å². The maximum absolute atomic E-state index is 4.51. The monoisotopic (exact) mass is 248 g/mol. The van der Waals surface area contributed by atoms with Crippen molar-refractivity contribution in [3.8, 4) is 0 Å². The molecule has 0 saturated heterocycles. The van der Waals surface area contributed by atoms with Crippen molar-refractivity contribution in [3.05, 3.63) is 72.1 Å². The normalized spacial score (nSPS) is 10.6. The number of benzene rings is 2. The fourth-order valence-electron chi connectivity index (χ4n) is 2.26. The fourth-order valence-corrected chi connectivity index (χ4v) is 2.26. The summed E-state index contributed by atoms with van der Waals surface area (Å²) in [4.78, 5) is 4.51. The molecule has 0 spiro atoms. The maximum Gasteiger partial charge on any atom is 0.0597 e. The first-order valence-corrected chi connectivity index (χ1v) is 6.47. The predicted octanol–water partition coefficient (Wildman–Crippen LogP) is 4.16. The summed E-state index contributed by atoms with van der Waals surface area (Å²) < 4.78 is 0. The van der Waals surface area contributed by atoms with Crippen molar-refractivity contribution in [2.45, 2.75) is 13.5 Å². The Morgan fingerprint density at radius 3 is 2.58 bits per heavy atom. The van der Waals surface area contributed by atoms with Gasteiger partial charge in [0.2, 0.25) is 0 Å². The van der Waals surface area contributed by atoms with Crippen LogP contribution in [0, 0.1) is 6.92 Å². The van der Waals surface area contributed by atoms with E-state index in [2.05, 4.69) is 52.8 Å². The predicted molar refractivity (Wildman–Crippen MR) is 80.2 cm³/mol. The first kappa shape index (κ1) is 11.7. The molecule has 0 saturated carbocycles. The average molecular weight is 248 g/mol. The molecule has 1 N–H and O–H groups in total. The summed E-state index contributed by atoms with van der Waals surface area (Å²) >= 11 is 0. The zero-order chi connectivity index (χ0) is 13.1. The lowest BCUT2D eigenvalue weighted by Gasteiger charge is -2.09. The molecule has 0 fully saturated rings. The Balaban J connectivity index is 1.86. The Morgan fingerprint density at radius 1 is 0.895 bits per heavy atom. The molecule has 0 aliphatic heterocycles. The molecule has 1 aromatic heterocycles. The van der Waals surface area contributed by atoms with Gasteiger partial charge in [-0.3, -0.25) is 4.98 Å². The van der Waals surface area contributed by atoms with Gasteiger partial charge in [-0.05, 0) is 30.5 Å². The highest BCUT2D eigenvalue weighted by Crippen LogP contribution is 2.23. The van der Waals surface area contributed by atoms with Gasteiger partial charge in [-0.15, -0.1) is 0 Å². The highest BCUT2D eigenvalue weighted by atomic mass is 14.9. The third-order valence-electron chi connectivity index (χ3n) is 3.20. The second kappa shape index (κ2) is 5.11. The Morgan fingerprint density at radius 2 is 1.68 bits per heavy atom. The van der Waals surface area contributed by atoms with E-state index in [1.165, 1.54) is 10.8 Å². The molecule has 0 amide bonds. The highest BCUT2D eigenvalue weighted by Gasteiger charge is 2.00. The number of pyridine rings is 1.